The van der Waals surface area contributed by atoms with Crippen molar-refractivity contribution in [3.8, 4) is 11.5 Å². The molecular formula is C52H51F2N9O7. The van der Waals surface area contributed by atoms with E-state index >= 15 is 4.39 Å². The maximum atomic E-state index is 16.0. The number of rotatable bonds is 13. The molecule has 3 unspecified atom stereocenters. The minimum Gasteiger partial charge on any atom is -0.457 e. The number of hydrogen-bond acceptors (Lipinski definition) is 11. The van der Waals surface area contributed by atoms with Crippen molar-refractivity contribution in [2.75, 3.05) is 60.1 Å². The van der Waals surface area contributed by atoms with Crippen LogP contribution in [-0.4, -0.2) is 113 Å². The van der Waals surface area contributed by atoms with E-state index in [0.29, 0.717) is 100 Å². The molecule has 18 heteroatoms. The Morgan fingerprint density at radius 3 is 2.21 bits per heavy atom. The summed E-state index contributed by atoms with van der Waals surface area (Å²) in [5.74, 6) is -1.56. The lowest BCUT2D eigenvalue weighted by molar-refractivity contribution is -0.137. The van der Waals surface area contributed by atoms with Gasteiger partial charge < -0.3 is 30.5 Å². The lowest BCUT2D eigenvalue weighted by atomic mass is 9.84. The predicted molar refractivity (Wildman–Crippen MR) is 255 cm³/mol. The van der Waals surface area contributed by atoms with Crippen LogP contribution in [-0.2, 0) is 30.5 Å². The first-order valence-corrected chi connectivity index (χ1v) is 23.9. The molecule has 1 saturated carbocycles. The van der Waals surface area contributed by atoms with E-state index in [-0.39, 0.29) is 49.5 Å². The zero-order valence-electron chi connectivity index (χ0n) is 38.2. The van der Waals surface area contributed by atoms with Gasteiger partial charge in [0.2, 0.25) is 29.5 Å². The number of hydrogen-bond donors (Lipinski definition) is 4. The molecule has 70 heavy (non-hydrogen) atoms. The molecule has 5 saturated heterocycles. The fourth-order valence-electron chi connectivity index (χ4n) is 10.9. The van der Waals surface area contributed by atoms with E-state index in [4.69, 9.17) is 4.74 Å². The fraction of sp³-hybridized carbons (Fsp3) is 0.365. The predicted octanol–water partition coefficient (Wildman–Crippen LogP) is 6.04. The van der Waals surface area contributed by atoms with Crippen molar-refractivity contribution in [1.82, 2.24) is 25.0 Å². The van der Waals surface area contributed by atoms with E-state index in [1.165, 1.54) is 35.2 Å². The average molecular weight is 952 g/mol. The smallest absolute Gasteiger partial charge is 0.255 e. The highest BCUT2D eigenvalue weighted by Gasteiger charge is 2.56. The number of benzene rings is 4. The summed E-state index contributed by atoms with van der Waals surface area (Å²) in [4.78, 5) is 89.9. The Morgan fingerprint density at radius 2 is 1.53 bits per heavy atom. The summed E-state index contributed by atoms with van der Waals surface area (Å²) < 4.78 is 35.5. The van der Waals surface area contributed by atoms with Crippen molar-refractivity contribution in [2.45, 2.75) is 69.6 Å². The van der Waals surface area contributed by atoms with E-state index in [1.54, 1.807) is 60.8 Å². The zero-order valence-corrected chi connectivity index (χ0v) is 38.2. The Labute approximate surface area is 401 Å². The molecule has 6 amide bonds. The molecular weight excluding hydrogens is 901 g/mol. The highest BCUT2D eigenvalue weighted by Crippen LogP contribution is 2.48. The summed E-state index contributed by atoms with van der Waals surface area (Å²) >= 11 is 0. The molecule has 12 rings (SSSR count). The van der Waals surface area contributed by atoms with E-state index in [0.717, 1.165) is 38.9 Å². The Hall–Kier alpha value is -7.31. The molecule has 2 bridgehead atoms. The number of nitrogens with one attached hydrogen (secondary N) is 4. The van der Waals surface area contributed by atoms with Gasteiger partial charge in [0.25, 0.3) is 5.91 Å². The summed E-state index contributed by atoms with van der Waals surface area (Å²) in [5, 5.41) is 11.4. The van der Waals surface area contributed by atoms with Crippen molar-refractivity contribution >= 4 is 69.1 Å². The lowest BCUT2D eigenvalue weighted by Gasteiger charge is -2.57. The van der Waals surface area contributed by atoms with Gasteiger partial charge >= 0.3 is 0 Å². The number of fused-ring (bicyclic) bond motifs is 4. The molecule has 5 aromatic rings. The SMILES string of the molecule is O=C1CCC(N2Cc3c(NC(=O)CN4CC5CC(C4)N5CC4CCN(c5cc6nccc(Oc7ccc(NC(=O)C8(C(=O)Nc9ccc(F)cc9)CC8)cc7)c6cc5F)CC4)cccc3C2=O)C(=O)N1. The van der Waals surface area contributed by atoms with E-state index in [9.17, 15) is 33.2 Å². The molecule has 4 aromatic carbocycles. The fourth-order valence-corrected chi connectivity index (χ4v) is 10.9. The van der Waals surface area contributed by atoms with Gasteiger partial charge in [-0.25, -0.2) is 8.78 Å². The quantitative estimate of drug-likeness (QED) is 0.0798. The van der Waals surface area contributed by atoms with Crippen molar-refractivity contribution < 1.29 is 42.3 Å². The number of carbonyl (C=O) groups is 6. The molecule has 7 aliphatic rings. The van der Waals surface area contributed by atoms with Crippen LogP contribution in [0.4, 0.5) is 31.5 Å². The molecule has 7 heterocycles. The lowest BCUT2D eigenvalue weighted by Crippen LogP contribution is -2.69. The second kappa shape index (κ2) is 18.2. The molecule has 1 aromatic heterocycles. The van der Waals surface area contributed by atoms with Gasteiger partial charge in [-0.2, -0.15) is 0 Å². The summed E-state index contributed by atoms with van der Waals surface area (Å²) in [6.07, 6.45) is 5.79. The van der Waals surface area contributed by atoms with Crippen LogP contribution < -0.4 is 30.9 Å². The van der Waals surface area contributed by atoms with Crippen molar-refractivity contribution in [1.29, 1.82) is 0 Å². The third kappa shape index (κ3) is 8.81. The Kier molecular flexibility index (Phi) is 11.7. The molecule has 360 valence electrons. The van der Waals surface area contributed by atoms with Gasteiger partial charge in [0, 0.05) is 97.5 Å². The molecule has 4 N–H and O–H groups in total. The number of piperazine rings is 1. The van der Waals surface area contributed by atoms with Crippen LogP contribution in [0.5, 0.6) is 11.5 Å². The summed E-state index contributed by atoms with van der Waals surface area (Å²) in [5.41, 5.74) is 2.47. The van der Waals surface area contributed by atoms with Gasteiger partial charge in [0.15, 0.2) is 0 Å². The van der Waals surface area contributed by atoms with Crippen LogP contribution in [0.1, 0.15) is 60.9 Å². The van der Waals surface area contributed by atoms with Crippen molar-refractivity contribution in [3.63, 3.8) is 0 Å². The number of anilines is 4. The summed E-state index contributed by atoms with van der Waals surface area (Å²) in [6.45, 7) is 4.36. The number of piperidine rings is 3. The molecule has 3 atom stereocenters. The third-order valence-corrected chi connectivity index (χ3v) is 14.9. The van der Waals surface area contributed by atoms with E-state index in [2.05, 4.69) is 41.0 Å². The molecule has 1 aliphatic carbocycles. The highest BCUT2D eigenvalue weighted by molar-refractivity contribution is 6.17. The second-order valence-electron chi connectivity index (χ2n) is 19.4. The Morgan fingerprint density at radius 1 is 0.829 bits per heavy atom. The number of pyridine rings is 1. The topological polar surface area (TPSA) is 186 Å². The first-order valence-electron chi connectivity index (χ1n) is 23.9. The minimum absolute atomic E-state index is 0.159. The average Bonchev–Trinajstić information content (AvgIpc) is 4.11. The highest BCUT2D eigenvalue weighted by atomic mass is 19.1. The Bertz CT molecular complexity index is 2930. The van der Waals surface area contributed by atoms with Crippen LogP contribution in [0.3, 0.4) is 0 Å². The number of carbonyl (C=O) groups excluding carboxylic acids is 6. The zero-order chi connectivity index (χ0) is 48.3. The number of imide groups is 1. The van der Waals surface area contributed by atoms with Crippen LogP contribution >= 0.6 is 0 Å². The molecule has 0 radical (unpaired) electrons. The first kappa shape index (κ1) is 45.2. The normalized spacial score (nSPS) is 22.0. The molecule has 16 nitrogen and oxygen atoms in total. The maximum absolute atomic E-state index is 16.0. The number of halogens is 2. The minimum atomic E-state index is -1.20. The number of ether oxygens (including phenoxy) is 1. The first-order chi connectivity index (χ1) is 33.9. The molecule has 6 aliphatic heterocycles. The van der Waals surface area contributed by atoms with Crippen LogP contribution in [0.2, 0.25) is 0 Å². The molecule has 6 fully saturated rings. The van der Waals surface area contributed by atoms with Gasteiger partial charge in [0.05, 0.1) is 17.7 Å². The van der Waals surface area contributed by atoms with Gasteiger partial charge in [0.1, 0.15) is 34.6 Å². The second-order valence-corrected chi connectivity index (χ2v) is 19.4. The van der Waals surface area contributed by atoms with Crippen LogP contribution in [0.15, 0.2) is 91.1 Å². The van der Waals surface area contributed by atoms with E-state index in [1.807, 2.05) is 0 Å². The van der Waals surface area contributed by atoms with Gasteiger partial charge in [-0.3, -0.25) is 48.9 Å². The summed E-state index contributed by atoms with van der Waals surface area (Å²) in [7, 11) is 0. The number of nitrogens with zero attached hydrogens (tertiary/aromatic N) is 5. The van der Waals surface area contributed by atoms with Gasteiger partial charge in [-0.1, -0.05) is 6.07 Å². The Balaban J connectivity index is 0.645. The third-order valence-electron chi connectivity index (χ3n) is 14.9. The van der Waals surface area contributed by atoms with Crippen molar-refractivity contribution in [2.24, 2.45) is 11.3 Å². The largest absolute Gasteiger partial charge is 0.457 e. The molecule has 0 spiro atoms. The number of aromatic nitrogens is 1. The van der Waals surface area contributed by atoms with Crippen LogP contribution in [0.25, 0.3) is 10.9 Å². The van der Waals surface area contributed by atoms with Crippen molar-refractivity contribution in [3.05, 3.63) is 114 Å². The monoisotopic (exact) mass is 951 g/mol. The van der Waals surface area contributed by atoms with Crippen LogP contribution in [0, 0.1) is 23.0 Å². The standard InChI is InChI=1S/C52H51F2N9O7/c53-31-4-6-32(7-5-31)56-50(68)52(17-18-52)51(69)57-33-8-10-36(11-9-33)70-45-14-19-55-42-24-44(40(54)23-38(42)45)61-20-15-30(16-21-61)25-62-34-22-35(62)27-60(26-34)29-47(65)58-41-3-1-2-37-39(41)28-63(49(37)67)43-12-13-46(64)59-48(43)66/h1-11,14,19,23-24,30,34-35,43H,12-13,15-18,20-22,25-29H2,(H,56,68)(H,57,69)(H,58,65)(H,59,64,66). The number of amides is 6. The summed E-state index contributed by atoms with van der Waals surface area (Å²) in [6, 6.07) is 22.2. The van der Waals surface area contributed by atoms with E-state index < -0.39 is 35.0 Å². The van der Waals surface area contributed by atoms with Gasteiger partial charge in [-0.15, -0.1) is 0 Å². The maximum Gasteiger partial charge on any atom is 0.255 e. The van der Waals surface area contributed by atoms with Gasteiger partial charge in [-0.05, 0) is 123 Å².